The summed E-state index contributed by atoms with van der Waals surface area (Å²) in [6, 6.07) is 0. The van der Waals surface area contributed by atoms with Crippen LogP contribution in [0.4, 0.5) is 5.13 Å². The largest absolute Gasteiger partial charge is 0.329 e. The van der Waals surface area contributed by atoms with Crippen LogP contribution in [0, 0.1) is 5.41 Å². The number of aromatic nitrogens is 1. The minimum Gasteiger partial charge on any atom is -0.329 e. The van der Waals surface area contributed by atoms with Crippen LogP contribution in [-0.2, 0) is 4.79 Å². The highest BCUT2D eigenvalue weighted by molar-refractivity contribution is 7.13. The van der Waals surface area contributed by atoms with Crippen molar-refractivity contribution in [2.24, 2.45) is 11.1 Å². The Balaban J connectivity index is 2.61. The molecule has 0 aromatic carbocycles. The Morgan fingerprint density at radius 3 is 2.92 bits per heavy atom. The van der Waals surface area contributed by atoms with Gasteiger partial charge < -0.3 is 11.1 Å². The summed E-state index contributed by atoms with van der Waals surface area (Å²) in [5, 5.41) is 5.13. The predicted octanol–water partition coefficient (Wildman–Crippen LogP) is 1.07. The first-order chi connectivity index (χ1) is 6.06. The molecule has 0 spiro atoms. The number of nitrogens with one attached hydrogen (secondary N) is 1. The van der Waals surface area contributed by atoms with Crippen molar-refractivity contribution >= 4 is 22.4 Å². The number of hydrogen-bond donors (Lipinski definition) is 2. The van der Waals surface area contributed by atoms with Crippen molar-refractivity contribution in [2.75, 3.05) is 11.9 Å². The van der Waals surface area contributed by atoms with E-state index in [0.29, 0.717) is 11.7 Å². The van der Waals surface area contributed by atoms with Crippen LogP contribution in [0.25, 0.3) is 0 Å². The number of amides is 1. The number of carbonyl (C=O) groups excluding carboxylic acids is 1. The second kappa shape index (κ2) is 3.85. The summed E-state index contributed by atoms with van der Waals surface area (Å²) in [4.78, 5) is 15.5. The van der Waals surface area contributed by atoms with E-state index < -0.39 is 5.41 Å². The maximum atomic E-state index is 11.5. The van der Waals surface area contributed by atoms with Crippen molar-refractivity contribution in [3.8, 4) is 0 Å². The number of anilines is 1. The van der Waals surface area contributed by atoms with Crippen LogP contribution >= 0.6 is 11.3 Å². The molecular formula is C8H13N3OS. The number of thiazole rings is 1. The smallest absolute Gasteiger partial charge is 0.233 e. The van der Waals surface area contributed by atoms with Crippen molar-refractivity contribution < 1.29 is 4.79 Å². The third-order valence-electron chi connectivity index (χ3n) is 1.78. The van der Waals surface area contributed by atoms with Gasteiger partial charge in [0.15, 0.2) is 5.13 Å². The molecular weight excluding hydrogens is 186 g/mol. The van der Waals surface area contributed by atoms with Crippen molar-refractivity contribution in [1.29, 1.82) is 0 Å². The summed E-state index contributed by atoms with van der Waals surface area (Å²) in [5.41, 5.74) is 4.92. The first kappa shape index (κ1) is 10.1. The average Bonchev–Trinajstić information content (AvgIpc) is 2.57. The van der Waals surface area contributed by atoms with Gasteiger partial charge in [-0.25, -0.2) is 4.98 Å². The van der Waals surface area contributed by atoms with E-state index >= 15 is 0 Å². The zero-order valence-corrected chi connectivity index (χ0v) is 8.52. The molecule has 0 radical (unpaired) electrons. The molecule has 0 saturated carbocycles. The fraction of sp³-hybridized carbons (Fsp3) is 0.500. The summed E-state index contributed by atoms with van der Waals surface area (Å²) in [6.07, 6.45) is 1.65. The molecule has 3 N–H and O–H groups in total. The second-order valence-corrected chi connectivity index (χ2v) is 4.27. The van der Waals surface area contributed by atoms with Crippen LogP contribution < -0.4 is 11.1 Å². The van der Waals surface area contributed by atoms with E-state index in [-0.39, 0.29) is 5.91 Å². The molecule has 1 rings (SSSR count). The Bertz CT molecular complexity index is 282. The highest BCUT2D eigenvalue weighted by Gasteiger charge is 2.26. The lowest BCUT2D eigenvalue weighted by atomic mass is 9.93. The average molecular weight is 199 g/mol. The predicted molar refractivity (Wildman–Crippen MR) is 53.6 cm³/mol. The van der Waals surface area contributed by atoms with E-state index in [1.54, 1.807) is 20.0 Å². The molecule has 0 bridgehead atoms. The maximum Gasteiger partial charge on any atom is 0.233 e. The van der Waals surface area contributed by atoms with Gasteiger partial charge in [-0.1, -0.05) is 0 Å². The monoisotopic (exact) mass is 199 g/mol. The van der Waals surface area contributed by atoms with Gasteiger partial charge in [-0.2, -0.15) is 0 Å². The Labute approximate surface area is 81.2 Å². The molecule has 4 nitrogen and oxygen atoms in total. The van der Waals surface area contributed by atoms with Crippen LogP contribution in [0.3, 0.4) is 0 Å². The molecule has 0 aliphatic heterocycles. The van der Waals surface area contributed by atoms with E-state index in [1.165, 1.54) is 11.3 Å². The topological polar surface area (TPSA) is 68.0 Å². The van der Waals surface area contributed by atoms with Gasteiger partial charge in [0.05, 0.1) is 5.41 Å². The Morgan fingerprint density at radius 2 is 2.46 bits per heavy atom. The maximum absolute atomic E-state index is 11.5. The highest BCUT2D eigenvalue weighted by atomic mass is 32.1. The van der Waals surface area contributed by atoms with Crippen molar-refractivity contribution in [3.63, 3.8) is 0 Å². The number of nitrogens with zero attached hydrogens (tertiary/aromatic N) is 1. The van der Waals surface area contributed by atoms with Gasteiger partial charge in [-0.15, -0.1) is 11.3 Å². The lowest BCUT2D eigenvalue weighted by Crippen LogP contribution is -2.37. The zero-order chi connectivity index (χ0) is 9.90. The minimum atomic E-state index is -0.536. The number of carbonyl (C=O) groups is 1. The van der Waals surface area contributed by atoms with Gasteiger partial charge in [0.1, 0.15) is 0 Å². The standard InChI is InChI=1S/C8H13N3OS/c1-8(2,5-9)6(12)11-7-10-3-4-13-7/h3-4H,5,9H2,1-2H3,(H,10,11,12). The third kappa shape index (κ3) is 2.50. The molecule has 0 aliphatic carbocycles. The number of nitrogens with two attached hydrogens (primary N) is 1. The van der Waals surface area contributed by atoms with Crippen LogP contribution in [0.5, 0.6) is 0 Å². The van der Waals surface area contributed by atoms with Gasteiger partial charge >= 0.3 is 0 Å². The lowest BCUT2D eigenvalue weighted by Gasteiger charge is -2.19. The first-order valence-electron chi connectivity index (χ1n) is 3.97. The normalized spacial score (nSPS) is 11.3. The Morgan fingerprint density at radius 1 is 1.77 bits per heavy atom. The second-order valence-electron chi connectivity index (χ2n) is 3.38. The molecule has 72 valence electrons. The fourth-order valence-electron chi connectivity index (χ4n) is 0.644. The molecule has 0 atom stereocenters. The fourth-order valence-corrected chi connectivity index (χ4v) is 1.17. The molecule has 0 saturated heterocycles. The summed E-state index contributed by atoms with van der Waals surface area (Å²) in [5.74, 6) is -0.0926. The summed E-state index contributed by atoms with van der Waals surface area (Å²) >= 11 is 1.39. The summed E-state index contributed by atoms with van der Waals surface area (Å²) in [6.45, 7) is 3.93. The van der Waals surface area contributed by atoms with Crippen LogP contribution in [0.2, 0.25) is 0 Å². The van der Waals surface area contributed by atoms with Gasteiger partial charge in [0.25, 0.3) is 0 Å². The lowest BCUT2D eigenvalue weighted by molar-refractivity contribution is -0.123. The molecule has 1 heterocycles. The van der Waals surface area contributed by atoms with Crippen molar-refractivity contribution in [1.82, 2.24) is 4.98 Å². The molecule has 5 heteroatoms. The Kier molecular flexibility index (Phi) is 3.00. The minimum absolute atomic E-state index is 0.0926. The van der Waals surface area contributed by atoms with E-state index in [1.807, 2.05) is 5.38 Å². The molecule has 0 fully saturated rings. The zero-order valence-electron chi connectivity index (χ0n) is 7.70. The first-order valence-corrected chi connectivity index (χ1v) is 4.85. The molecule has 1 aromatic heterocycles. The van der Waals surface area contributed by atoms with Gasteiger partial charge in [-0.05, 0) is 13.8 Å². The highest BCUT2D eigenvalue weighted by Crippen LogP contribution is 2.18. The van der Waals surface area contributed by atoms with Gasteiger partial charge in [0.2, 0.25) is 5.91 Å². The molecule has 13 heavy (non-hydrogen) atoms. The third-order valence-corrected chi connectivity index (χ3v) is 2.47. The van der Waals surface area contributed by atoms with E-state index in [2.05, 4.69) is 10.3 Å². The number of rotatable bonds is 3. The van der Waals surface area contributed by atoms with E-state index in [4.69, 9.17) is 5.73 Å². The van der Waals surface area contributed by atoms with Crippen LogP contribution in [-0.4, -0.2) is 17.4 Å². The molecule has 1 amide bonds. The van der Waals surface area contributed by atoms with Crippen LogP contribution in [0.15, 0.2) is 11.6 Å². The Hall–Kier alpha value is -0.940. The molecule has 0 unspecified atom stereocenters. The molecule has 0 aliphatic rings. The summed E-state index contributed by atoms with van der Waals surface area (Å²) < 4.78 is 0. The van der Waals surface area contributed by atoms with Gasteiger partial charge in [-0.3, -0.25) is 4.79 Å². The quantitative estimate of drug-likeness (QED) is 0.765. The van der Waals surface area contributed by atoms with E-state index in [0.717, 1.165) is 0 Å². The summed E-state index contributed by atoms with van der Waals surface area (Å²) in [7, 11) is 0. The van der Waals surface area contributed by atoms with Crippen LogP contribution in [0.1, 0.15) is 13.8 Å². The SMILES string of the molecule is CC(C)(CN)C(=O)Nc1nccs1. The van der Waals surface area contributed by atoms with E-state index in [9.17, 15) is 4.79 Å². The molecule has 1 aromatic rings. The number of hydrogen-bond acceptors (Lipinski definition) is 4. The van der Waals surface area contributed by atoms with Gasteiger partial charge in [0, 0.05) is 18.1 Å². The van der Waals surface area contributed by atoms with Crippen molar-refractivity contribution in [3.05, 3.63) is 11.6 Å². The van der Waals surface area contributed by atoms with Crippen molar-refractivity contribution in [2.45, 2.75) is 13.8 Å².